The van der Waals surface area contributed by atoms with Crippen molar-refractivity contribution >= 4 is 0 Å². The second-order valence-corrected chi connectivity index (χ2v) is 7.67. The Bertz CT molecular complexity index is 353. The predicted molar refractivity (Wildman–Crippen MR) is 82.5 cm³/mol. The Balaban J connectivity index is 1.31. The molecule has 3 unspecified atom stereocenters. The minimum atomic E-state index is 0.0577. The summed E-state index contributed by atoms with van der Waals surface area (Å²) >= 11 is 0. The highest BCUT2D eigenvalue weighted by molar-refractivity contribution is 4.95. The van der Waals surface area contributed by atoms with Gasteiger partial charge >= 0.3 is 0 Å². The van der Waals surface area contributed by atoms with Crippen molar-refractivity contribution in [3.05, 3.63) is 0 Å². The van der Waals surface area contributed by atoms with Crippen LogP contribution in [0.1, 0.15) is 44.9 Å². The number of nitrogens with one attached hydrogen (secondary N) is 1. The Morgan fingerprint density at radius 1 is 1.14 bits per heavy atom. The van der Waals surface area contributed by atoms with Crippen LogP contribution in [-0.4, -0.2) is 62.0 Å². The van der Waals surface area contributed by atoms with E-state index >= 15 is 0 Å². The van der Waals surface area contributed by atoms with E-state index in [9.17, 15) is 0 Å². The van der Waals surface area contributed by atoms with E-state index in [1.54, 1.807) is 0 Å². The van der Waals surface area contributed by atoms with Crippen LogP contribution in [0.15, 0.2) is 0 Å². The fraction of sp³-hybridized carbons (Fsp3) is 1.00. The second-order valence-electron chi connectivity index (χ2n) is 7.67. The lowest BCUT2D eigenvalue weighted by Gasteiger charge is -2.45. The van der Waals surface area contributed by atoms with Crippen LogP contribution in [0.2, 0.25) is 0 Å². The van der Waals surface area contributed by atoms with Gasteiger partial charge in [-0.15, -0.1) is 0 Å². The first-order valence-electron chi connectivity index (χ1n) is 9.02. The van der Waals surface area contributed by atoms with E-state index in [2.05, 4.69) is 10.2 Å². The fourth-order valence-corrected chi connectivity index (χ4v) is 4.39. The Morgan fingerprint density at radius 2 is 2.10 bits per heavy atom. The van der Waals surface area contributed by atoms with E-state index in [0.29, 0.717) is 0 Å². The van der Waals surface area contributed by atoms with Crippen LogP contribution in [0, 0.1) is 5.92 Å². The number of rotatable bonds is 4. The van der Waals surface area contributed by atoms with Gasteiger partial charge in [0.25, 0.3) is 0 Å². The van der Waals surface area contributed by atoms with Gasteiger partial charge in [-0.25, -0.2) is 0 Å². The molecule has 0 radical (unpaired) electrons. The molecule has 3 aliphatic heterocycles. The van der Waals surface area contributed by atoms with Crippen molar-refractivity contribution in [2.75, 3.05) is 39.5 Å². The minimum Gasteiger partial charge on any atom is -0.378 e. The summed E-state index contributed by atoms with van der Waals surface area (Å²) in [4.78, 5) is 2.77. The van der Waals surface area contributed by atoms with Gasteiger partial charge in [-0.05, 0) is 57.5 Å². The number of likely N-dealkylation sites (tertiary alicyclic amines) is 1. The topological polar surface area (TPSA) is 33.7 Å². The molecule has 4 heteroatoms. The zero-order valence-electron chi connectivity index (χ0n) is 13.2. The number of ether oxygens (including phenoxy) is 2. The molecule has 4 aliphatic rings. The molecular formula is C17H30N2O2. The average molecular weight is 294 g/mol. The molecule has 0 aromatic rings. The van der Waals surface area contributed by atoms with Gasteiger partial charge in [0.15, 0.2) is 0 Å². The maximum absolute atomic E-state index is 6.10. The third kappa shape index (κ3) is 3.44. The molecule has 3 saturated heterocycles. The number of nitrogens with zero attached hydrogens (tertiary/aromatic N) is 1. The summed E-state index contributed by atoms with van der Waals surface area (Å²) in [5, 5.41) is 3.73. The highest BCUT2D eigenvalue weighted by Crippen LogP contribution is 2.36. The van der Waals surface area contributed by atoms with E-state index in [0.717, 1.165) is 44.2 Å². The zero-order valence-corrected chi connectivity index (χ0v) is 13.2. The molecule has 4 rings (SSSR count). The van der Waals surface area contributed by atoms with Gasteiger partial charge in [-0.2, -0.15) is 0 Å². The molecule has 120 valence electrons. The highest BCUT2D eigenvalue weighted by atomic mass is 16.6. The second kappa shape index (κ2) is 6.15. The third-order valence-electron chi connectivity index (χ3n) is 5.87. The first-order valence-corrected chi connectivity index (χ1v) is 9.02. The number of hydrogen-bond donors (Lipinski definition) is 1. The fourth-order valence-electron chi connectivity index (χ4n) is 4.39. The summed E-state index contributed by atoms with van der Waals surface area (Å²) in [6.45, 7) is 6.46. The highest BCUT2D eigenvalue weighted by Gasteiger charge is 2.43. The Hall–Kier alpha value is -0.160. The van der Waals surface area contributed by atoms with E-state index in [1.807, 2.05) is 0 Å². The van der Waals surface area contributed by atoms with E-state index in [1.165, 1.54) is 58.2 Å². The number of piperidine rings is 1. The molecule has 0 amide bonds. The first-order chi connectivity index (χ1) is 10.3. The van der Waals surface area contributed by atoms with Crippen LogP contribution in [0.3, 0.4) is 0 Å². The van der Waals surface area contributed by atoms with Crippen LogP contribution in [0.4, 0.5) is 0 Å². The van der Waals surface area contributed by atoms with Crippen LogP contribution < -0.4 is 5.32 Å². The summed E-state index contributed by atoms with van der Waals surface area (Å²) < 4.78 is 11.7. The third-order valence-corrected chi connectivity index (χ3v) is 5.87. The predicted octanol–water partition coefficient (Wildman–Crippen LogP) is 1.79. The van der Waals surface area contributed by atoms with Crippen molar-refractivity contribution in [1.29, 1.82) is 0 Å². The molecule has 3 atom stereocenters. The lowest BCUT2D eigenvalue weighted by molar-refractivity contribution is -0.110. The average Bonchev–Trinajstić information content (AvgIpc) is 3.26. The lowest BCUT2D eigenvalue weighted by atomic mass is 9.87. The molecule has 3 heterocycles. The van der Waals surface area contributed by atoms with Gasteiger partial charge in [0.2, 0.25) is 0 Å². The summed E-state index contributed by atoms with van der Waals surface area (Å²) in [5.74, 6) is 0.859. The van der Waals surface area contributed by atoms with Crippen LogP contribution >= 0.6 is 0 Å². The summed E-state index contributed by atoms with van der Waals surface area (Å²) in [6.07, 6.45) is 9.09. The van der Waals surface area contributed by atoms with Crippen molar-refractivity contribution in [3.8, 4) is 0 Å². The molecule has 1 spiro atoms. The van der Waals surface area contributed by atoms with Crippen molar-refractivity contribution < 1.29 is 9.47 Å². The Labute approximate surface area is 128 Å². The molecule has 1 N–H and O–H groups in total. The number of hydrogen-bond acceptors (Lipinski definition) is 4. The standard InChI is InChI=1S/C17H30N2O2/c1-2-14(11-18-15-3-4-15)12-19(7-1)16-5-8-21-17(10-16)6-9-20-13-17/h14-16,18H,1-13H2. The molecular weight excluding hydrogens is 264 g/mol. The van der Waals surface area contributed by atoms with Crippen molar-refractivity contribution in [1.82, 2.24) is 10.2 Å². The normalized spacial score (nSPS) is 41.7. The van der Waals surface area contributed by atoms with Gasteiger partial charge < -0.3 is 14.8 Å². The molecule has 1 aliphatic carbocycles. The Kier molecular flexibility index (Phi) is 4.23. The van der Waals surface area contributed by atoms with Gasteiger partial charge in [0.1, 0.15) is 0 Å². The molecule has 0 bridgehead atoms. The van der Waals surface area contributed by atoms with Crippen molar-refractivity contribution in [2.45, 2.75) is 62.6 Å². The Morgan fingerprint density at radius 3 is 2.90 bits per heavy atom. The molecule has 4 nitrogen and oxygen atoms in total. The van der Waals surface area contributed by atoms with Crippen LogP contribution in [0.5, 0.6) is 0 Å². The van der Waals surface area contributed by atoms with Gasteiger partial charge in [0.05, 0.1) is 12.2 Å². The van der Waals surface area contributed by atoms with E-state index in [4.69, 9.17) is 9.47 Å². The van der Waals surface area contributed by atoms with Crippen molar-refractivity contribution in [3.63, 3.8) is 0 Å². The van der Waals surface area contributed by atoms with Gasteiger partial charge in [-0.3, -0.25) is 4.90 Å². The first kappa shape index (κ1) is 14.4. The maximum Gasteiger partial charge on any atom is 0.0951 e. The van der Waals surface area contributed by atoms with Crippen LogP contribution in [0.25, 0.3) is 0 Å². The largest absolute Gasteiger partial charge is 0.378 e. The quantitative estimate of drug-likeness (QED) is 0.857. The smallest absolute Gasteiger partial charge is 0.0951 e. The zero-order chi connectivity index (χ0) is 14.1. The molecule has 1 saturated carbocycles. The minimum absolute atomic E-state index is 0.0577. The molecule has 0 aromatic heterocycles. The monoisotopic (exact) mass is 294 g/mol. The lowest BCUT2D eigenvalue weighted by Crippen LogP contribution is -2.52. The van der Waals surface area contributed by atoms with E-state index in [-0.39, 0.29) is 5.60 Å². The molecule has 0 aromatic carbocycles. The summed E-state index contributed by atoms with van der Waals surface area (Å²) in [7, 11) is 0. The van der Waals surface area contributed by atoms with Gasteiger partial charge in [0, 0.05) is 38.3 Å². The molecule has 4 fully saturated rings. The van der Waals surface area contributed by atoms with Crippen LogP contribution in [-0.2, 0) is 9.47 Å². The van der Waals surface area contributed by atoms with E-state index < -0.39 is 0 Å². The summed E-state index contributed by atoms with van der Waals surface area (Å²) in [5.41, 5.74) is 0.0577. The van der Waals surface area contributed by atoms with Gasteiger partial charge in [-0.1, -0.05) is 0 Å². The maximum atomic E-state index is 6.10. The SMILES string of the molecule is C1CC(CNC2CC2)CN(C2CCOC3(CCOC3)C2)C1. The summed E-state index contributed by atoms with van der Waals surface area (Å²) in [6, 6.07) is 1.58. The van der Waals surface area contributed by atoms with Crippen molar-refractivity contribution in [2.24, 2.45) is 5.92 Å². The molecule has 21 heavy (non-hydrogen) atoms.